The molecule has 0 unspecified atom stereocenters. The van der Waals surface area contributed by atoms with Crippen molar-refractivity contribution in [3.8, 4) is 45.4 Å². The number of hydrogen-bond acceptors (Lipinski definition) is 3. The van der Waals surface area contributed by atoms with Crippen molar-refractivity contribution < 1.29 is 4.74 Å². The van der Waals surface area contributed by atoms with Gasteiger partial charge in [0.2, 0.25) is 0 Å². The summed E-state index contributed by atoms with van der Waals surface area (Å²) in [7, 11) is 0. The van der Waals surface area contributed by atoms with Gasteiger partial charge in [-0.05, 0) is 119 Å². The molecule has 1 spiro atoms. The van der Waals surface area contributed by atoms with Crippen LogP contribution in [0, 0.1) is 6.57 Å². The van der Waals surface area contributed by atoms with Crippen molar-refractivity contribution >= 4 is 49.3 Å². The summed E-state index contributed by atoms with van der Waals surface area (Å²) in [6.07, 6.45) is 3.72. The molecule has 13 rings (SSSR count). The van der Waals surface area contributed by atoms with E-state index in [1.54, 1.807) is 0 Å². The van der Waals surface area contributed by atoms with E-state index in [4.69, 9.17) is 21.3 Å². The maximum absolute atomic E-state index is 7.74. The third kappa shape index (κ3) is 4.30. The van der Waals surface area contributed by atoms with Crippen molar-refractivity contribution in [3.63, 3.8) is 0 Å². The predicted molar refractivity (Wildman–Crippen MR) is 240 cm³/mol. The lowest BCUT2D eigenvalue weighted by molar-refractivity contribution is 0.436. The number of aromatic nitrogens is 4. The van der Waals surface area contributed by atoms with Gasteiger partial charge in [0.15, 0.2) is 5.69 Å². The average molecular weight is 766 g/mol. The largest absolute Gasteiger partial charge is 0.457 e. The van der Waals surface area contributed by atoms with Gasteiger partial charge in [-0.1, -0.05) is 84.9 Å². The molecule has 5 heterocycles. The maximum Gasteiger partial charge on any atom is 0.188 e. The van der Waals surface area contributed by atoms with Crippen molar-refractivity contribution in [2.75, 3.05) is 0 Å². The monoisotopic (exact) mass is 765 g/mol. The van der Waals surface area contributed by atoms with Crippen molar-refractivity contribution in [2.45, 2.75) is 5.41 Å². The predicted octanol–water partition coefficient (Wildman–Crippen LogP) is 13.4. The Morgan fingerprint density at radius 1 is 0.433 bits per heavy atom. The van der Waals surface area contributed by atoms with Gasteiger partial charge in [-0.25, -0.2) is 4.85 Å². The lowest BCUT2D eigenvalue weighted by Crippen LogP contribution is -2.32. The molecule has 1 aliphatic heterocycles. The molecule has 278 valence electrons. The minimum atomic E-state index is -0.786. The quantitative estimate of drug-likeness (QED) is 0.168. The molecule has 1 aliphatic carbocycles. The number of ether oxygens (including phenoxy) is 1. The number of rotatable bonds is 3. The van der Waals surface area contributed by atoms with Crippen LogP contribution < -0.4 is 4.74 Å². The second kappa shape index (κ2) is 12.1. The molecule has 0 N–H and O–H groups in total. The van der Waals surface area contributed by atoms with Crippen LogP contribution in [0.4, 0.5) is 5.69 Å². The zero-order valence-corrected chi connectivity index (χ0v) is 32.0. The standard InChI is InChI=1S/C54H31N5O/c1-55-35-21-24-49-41(31-35)39-14-6-8-18-47(39)59(49)37-22-26-51-45(32-37)54(42-15-9-27-56-52(42)53-43(54)16-10-28-57-53)44-30-34(20-25-50(44)60-51)33-19-23-48-40(29-33)38-13-5-7-17-46(38)58(48)36-11-3-2-4-12-36/h2-32H. The van der Waals surface area contributed by atoms with Crippen LogP contribution in [0.5, 0.6) is 11.5 Å². The van der Waals surface area contributed by atoms with E-state index in [9.17, 15) is 0 Å². The minimum absolute atomic E-state index is 0.621. The topological polar surface area (TPSA) is 49.2 Å². The van der Waals surface area contributed by atoms with E-state index in [-0.39, 0.29) is 0 Å². The Hall–Kier alpha value is -8.27. The van der Waals surface area contributed by atoms with Gasteiger partial charge < -0.3 is 13.9 Å². The van der Waals surface area contributed by atoms with Crippen LogP contribution in [0.15, 0.2) is 188 Å². The summed E-state index contributed by atoms with van der Waals surface area (Å²) in [6, 6.07) is 62.2. The third-order valence-electron chi connectivity index (χ3n) is 12.7. The molecular weight excluding hydrogens is 735 g/mol. The van der Waals surface area contributed by atoms with Crippen LogP contribution in [0.2, 0.25) is 0 Å². The highest BCUT2D eigenvalue weighted by atomic mass is 16.5. The van der Waals surface area contributed by atoms with Crippen molar-refractivity contribution in [3.05, 3.63) is 222 Å². The smallest absolute Gasteiger partial charge is 0.188 e. The number of pyridine rings is 2. The highest BCUT2D eigenvalue weighted by Crippen LogP contribution is 2.62. The second-order valence-corrected chi connectivity index (χ2v) is 15.6. The molecule has 0 amide bonds. The molecule has 0 saturated carbocycles. The lowest BCUT2D eigenvalue weighted by atomic mass is 9.66. The molecular formula is C54H31N5O. The second-order valence-electron chi connectivity index (χ2n) is 15.6. The number of nitrogens with zero attached hydrogens (tertiary/aromatic N) is 5. The molecule has 6 heteroatoms. The number of para-hydroxylation sites is 3. The number of benzene rings is 7. The normalized spacial score (nSPS) is 13.2. The summed E-state index contributed by atoms with van der Waals surface area (Å²) in [5.74, 6) is 1.59. The third-order valence-corrected chi connectivity index (χ3v) is 12.7. The summed E-state index contributed by atoms with van der Waals surface area (Å²) < 4.78 is 11.6. The molecule has 2 aliphatic rings. The van der Waals surface area contributed by atoms with E-state index >= 15 is 0 Å². The molecule has 7 aromatic carbocycles. The summed E-state index contributed by atoms with van der Waals surface area (Å²) in [6.45, 7) is 7.74. The van der Waals surface area contributed by atoms with Gasteiger partial charge in [0.05, 0.1) is 45.4 Å². The van der Waals surface area contributed by atoms with E-state index in [0.717, 1.165) is 95.0 Å². The van der Waals surface area contributed by atoms with E-state index in [1.807, 2.05) is 36.7 Å². The Labute approximate surface area is 344 Å². The average Bonchev–Trinajstić information content (AvgIpc) is 3.93. The van der Waals surface area contributed by atoms with E-state index in [1.165, 1.54) is 16.3 Å². The van der Waals surface area contributed by atoms with Crippen LogP contribution in [0.3, 0.4) is 0 Å². The Morgan fingerprint density at radius 3 is 1.68 bits per heavy atom. The Bertz CT molecular complexity index is 3620. The van der Waals surface area contributed by atoms with Crippen molar-refractivity contribution in [1.82, 2.24) is 19.1 Å². The molecule has 11 aromatic rings. The Balaban J connectivity index is 1.07. The van der Waals surface area contributed by atoms with Gasteiger partial charge in [0.1, 0.15) is 11.5 Å². The Kier molecular flexibility index (Phi) is 6.62. The summed E-state index contributed by atoms with van der Waals surface area (Å²) in [4.78, 5) is 13.8. The van der Waals surface area contributed by atoms with E-state index in [0.29, 0.717) is 5.69 Å². The van der Waals surface area contributed by atoms with Gasteiger partial charge in [0, 0.05) is 51.1 Å². The van der Waals surface area contributed by atoms with Crippen LogP contribution in [0.25, 0.3) is 82.3 Å². The lowest BCUT2D eigenvalue weighted by Gasteiger charge is -2.39. The fourth-order valence-electron chi connectivity index (χ4n) is 10.2. The van der Waals surface area contributed by atoms with E-state index in [2.05, 4.69) is 166 Å². The van der Waals surface area contributed by atoms with Crippen molar-refractivity contribution in [2.24, 2.45) is 0 Å². The number of hydrogen-bond donors (Lipinski definition) is 0. The first-order valence-electron chi connectivity index (χ1n) is 20.1. The van der Waals surface area contributed by atoms with Crippen molar-refractivity contribution in [1.29, 1.82) is 0 Å². The van der Waals surface area contributed by atoms with Crippen LogP contribution >= 0.6 is 0 Å². The first kappa shape index (κ1) is 32.8. The molecule has 4 aromatic heterocycles. The van der Waals surface area contributed by atoms with Gasteiger partial charge in [-0.2, -0.15) is 0 Å². The van der Waals surface area contributed by atoms with Crippen LogP contribution in [0.1, 0.15) is 22.3 Å². The molecule has 0 bridgehead atoms. The molecule has 6 nitrogen and oxygen atoms in total. The fraction of sp³-hybridized carbons (Fsp3) is 0.0185. The zero-order chi connectivity index (χ0) is 39.5. The number of fused-ring (bicyclic) bond motifs is 15. The zero-order valence-electron chi connectivity index (χ0n) is 32.0. The van der Waals surface area contributed by atoms with Gasteiger partial charge >= 0.3 is 0 Å². The minimum Gasteiger partial charge on any atom is -0.457 e. The maximum atomic E-state index is 7.74. The Morgan fingerprint density at radius 2 is 0.983 bits per heavy atom. The fourth-order valence-corrected chi connectivity index (χ4v) is 10.2. The van der Waals surface area contributed by atoms with Gasteiger partial charge in [-0.15, -0.1) is 0 Å². The first-order chi connectivity index (χ1) is 29.7. The van der Waals surface area contributed by atoms with Gasteiger partial charge in [-0.3, -0.25) is 9.97 Å². The summed E-state index contributed by atoms with van der Waals surface area (Å²) in [5, 5.41) is 4.56. The molecule has 0 radical (unpaired) electrons. The van der Waals surface area contributed by atoms with Crippen LogP contribution in [-0.2, 0) is 5.41 Å². The highest BCUT2D eigenvalue weighted by Gasteiger charge is 2.52. The summed E-state index contributed by atoms with van der Waals surface area (Å²) >= 11 is 0. The first-order valence-corrected chi connectivity index (χ1v) is 20.1. The van der Waals surface area contributed by atoms with Crippen LogP contribution in [-0.4, -0.2) is 19.1 Å². The molecule has 0 fully saturated rings. The molecule has 0 atom stereocenters. The summed E-state index contributed by atoms with van der Waals surface area (Å²) in [5.41, 5.74) is 14.6. The molecule has 0 saturated heterocycles. The molecule has 60 heavy (non-hydrogen) atoms. The van der Waals surface area contributed by atoms with Gasteiger partial charge in [0.25, 0.3) is 0 Å². The highest BCUT2D eigenvalue weighted by molar-refractivity contribution is 6.11. The SMILES string of the molecule is [C-]#[N+]c1ccc2c(c1)c1ccccc1n2-c1ccc2c(c1)C1(c3cc(-c4ccc5c(c4)c4ccccc4n5-c4ccccc4)ccc3O2)c2cccnc2-c2ncccc21. The van der Waals surface area contributed by atoms with E-state index < -0.39 is 5.41 Å².